The fraction of sp³-hybridized carbons (Fsp3) is 0.545. The van der Waals surface area contributed by atoms with Gasteiger partial charge in [-0.3, -0.25) is 4.90 Å². The van der Waals surface area contributed by atoms with Gasteiger partial charge in [-0.15, -0.1) is 0 Å². The number of thiophene rings is 1. The Hall–Kier alpha value is -0.450. The summed E-state index contributed by atoms with van der Waals surface area (Å²) in [5.41, 5.74) is 7.01. The third-order valence-corrected chi connectivity index (χ3v) is 3.36. The second kappa shape index (κ2) is 6.20. The maximum Gasteiger partial charge on any atom is 0.0948 e. The lowest BCUT2D eigenvalue weighted by molar-refractivity contribution is 0.297. The Balaban J connectivity index is 2.70. The van der Waals surface area contributed by atoms with E-state index in [4.69, 9.17) is 18.0 Å². The number of rotatable bonds is 6. The van der Waals surface area contributed by atoms with Crippen molar-refractivity contribution < 1.29 is 0 Å². The molecule has 0 aliphatic rings. The second-order valence-electron chi connectivity index (χ2n) is 3.70. The zero-order valence-corrected chi connectivity index (χ0v) is 10.9. The molecule has 0 radical (unpaired) electrons. The standard InChI is InChI=1S/C11H18N2S2/c1-3-4-6-13(2)10(11(12)14)9-5-7-15-8-9/h5,7-8,10H,3-4,6H2,1-2H3,(H2,12,14). The molecule has 15 heavy (non-hydrogen) atoms. The first-order chi connectivity index (χ1) is 7.16. The highest BCUT2D eigenvalue weighted by Crippen LogP contribution is 2.22. The van der Waals surface area contributed by atoms with Gasteiger partial charge in [0, 0.05) is 0 Å². The molecule has 0 saturated carbocycles. The first kappa shape index (κ1) is 12.6. The summed E-state index contributed by atoms with van der Waals surface area (Å²) < 4.78 is 0. The molecule has 4 heteroatoms. The van der Waals surface area contributed by atoms with E-state index >= 15 is 0 Å². The number of likely N-dealkylation sites (N-methyl/N-ethyl adjacent to an activating group) is 1. The van der Waals surface area contributed by atoms with E-state index in [1.165, 1.54) is 18.4 Å². The Labute approximate surface area is 101 Å². The Morgan fingerprint density at radius 2 is 2.40 bits per heavy atom. The zero-order chi connectivity index (χ0) is 11.3. The van der Waals surface area contributed by atoms with Crippen LogP contribution in [0.3, 0.4) is 0 Å². The van der Waals surface area contributed by atoms with Gasteiger partial charge in [-0.25, -0.2) is 0 Å². The van der Waals surface area contributed by atoms with E-state index in [9.17, 15) is 0 Å². The lowest BCUT2D eigenvalue weighted by Crippen LogP contribution is -2.34. The van der Waals surface area contributed by atoms with Gasteiger partial charge in [0.25, 0.3) is 0 Å². The summed E-state index contributed by atoms with van der Waals surface area (Å²) in [6.45, 7) is 3.22. The number of nitrogens with two attached hydrogens (primary N) is 1. The van der Waals surface area contributed by atoms with Crippen molar-refractivity contribution in [3.63, 3.8) is 0 Å². The van der Waals surface area contributed by atoms with Crippen molar-refractivity contribution in [2.45, 2.75) is 25.8 Å². The van der Waals surface area contributed by atoms with E-state index < -0.39 is 0 Å². The second-order valence-corrected chi connectivity index (χ2v) is 4.95. The van der Waals surface area contributed by atoms with E-state index in [-0.39, 0.29) is 6.04 Å². The van der Waals surface area contributed by atoms with E-state index in [2.05, 4.69) is 35.7 Å². The SMILES string of the molecule is CCCCN(C)C(C(N)=S)c1ccsc1. The van der Waals surface area contributed by atoms with Gasteiger partial charge >= 0.3 is 0 Å². The van der Waals surface area contributed by atoms with Crippen LogP contribution in [-0.4, -0.2) is 23.5 Å². The summed E-state index contributed by atoms with van der Waals surface area (Å²) in [4.78, 5) is 2.79. The average Bonchev–Trinajstić information content (AvgIpc) is 2.67. The van der Waals surface area contributed by atoms with Gasteiger partial charge in [0.1, 0.15) is 0 Å². The highest BCUT2D eigenvalue weighted by molar-refractivity contribution is 7.80. The highest BCUT2D eigenvalue weighted by atomic mass is 32.1. The largest absolute Gasteiger partial charge is 0.392 e. The quantitative estimate of drug-likeness (QED) is 0.778. The third kappa shape index (κ3) is 3.55. The molecule has 2 nitrogen and oxygen atoms in total. The monoisotopic (exact) mass is 242 g/mol. The zero-order valence-electron chi connectivity index (χ0n) is 9.27. The molecule has 0 spiro atoms. The smallest absolute Gasteiger partial charge is 0.0948 e. The summed E-state index contributed by atoms with van der Waals surface area (Å²) in [6, 6.07) is 2.19. The molecule has 2 N–H and O–H groups in total. The lowest BCUT2D eigenvalue weighted by atomic mass is 10.1. The predicted molar refractivity (Wildman–Crippen MR) is 71.4 cm³/mol. The van der Waals surface area contributed by atoms with E-state index in [0.717, 1.165) is 6.54 Å². The highest BCUT2D eigenvalue weighted by Gasteiger charge is 2.19. The van der Waals surface area contributed by atoms with Crippen molar-refractivity contribution >= 4 is 28.5 Å². The molecule has 1 aromatic rings. The van der Waals surface area contributed by atoms with Crippen molar-refractivity contribution in [3.05, 3.63) is 22.4 Å². The molecule has 1 atom stereocenters. The van der Waals surface area contributed by atoms with Crippen LogP contribution in [0.15, 0.2) is 16.8 Å². The first-order valence-corrected chi connectivity index (χ1v) is 6.53. The van der Waals surface area contributed by atoms with Crippen LogP contribution < -0.4 is 5.73 Å². The van der Waals surface area contributed by atoms with E-state index in [1.54, 1.807) is 11.3 Å². The number of nitrogens with zero attached hydrogens (tertiary/aromatic N) is 1. The Morgan fingerprint density at radius 3 is 2.87 bits per heavy atom. The predicted octanol–water partition coefficient (Wildman–Crippen LogP) is 2.81. The van der Waals surface area contributed by atoms with Crippen LogP contribution in [0.5, 0.6) is 0 Å². The van der Waals surface area contributed by atoms with Gasteiger partial charge in [-0.1, -0.05) is 25.6 Å². The fourth-order valence-electron chi connectivity index (χ4n) is 1.60. The van der Waals surface area contributed by atoms with Crippen LogP contribution in [-0.2, 0) is 0 Å². The van der Waals surface area contributed by atoms with Crippen LogP contribution in [0, 0.1) is 0 Å². The third-order valence-electron chi connectivity index (χ3n) is 2.43. The first-order valence-electron chi connectivity index (χ1n) is 5.18. The molecule has 1 rings (SSSR count). The molecule has 1 aromatic heterocycles. The fourth-order valence-corrected chi connectivity index (χ4v) is 2.60. The van der Waals surface area contributed by atoms with Gasteiger partial charge in [0.05, 0.1) is 11.0 Å². The topological polar surface area (TPSA) is 29.3 Å². The molecular formula is C11H18N2S2. The van der Waals surface area contributed by atoms with Crippen molar-refractivity contribution in [2.24, 2.45) is 5.73 Å². The van der Waals surface area contributed by atoms with Crippen LogP contribution in [0.4, 0.5) is 0 Å². The van der Waals surface area contributed by atoms with Crippen molar-refractivity contribution in [1.82, 2.24) is 4.90 Å². The van der Waals surface area contributed by atoms with Gasteiger partial charge < -0.3 is 5.73 Å². The Kier molecular flexibility index (Phi) is 5.22. The van der Waals surface area contributed by atoms with Crippen molar-refractivity contribution in [1.29, 1.82) is 0 Å². The van der Waals surface area contributed by atoms with Crippen molar-refractivity contribution in [3.8, 4) is 0 Å². The Bertz CT molecular complexity index is 296. The molecular weight excluding hydrogens is 224 g/mol. The summed E-state index contributed by atoms with van der Waals surface area (Å²) in [5.74, 6) is 0. The molecule has 0 aromatic carbocycles. The number of unbranched alkanes of at least 4 members (excludes halogenated alkanes) is 1. The van der Waals surface area contributed by atoms with Crippen LogP contribution >= 0.6 is 23.6 Å². The normalized spacial score (nSPS) is 13.0. The number of hydrogen-bond donors (Lipinski definition) is 1. The van der Waals surface area contributed by atoms with Crippen LogP contribution in [0.25, 0.3) is 0 Å². The van der Waals surface area contributed by atoms with E-state index in [0.29, 0.717) is 4.99 Å². The van der Waals surface area contributed by atoms with Gasteiger partial charge in [-0.05, 0) is 42.4 Å². The van der Waals surface area contributed by atoms with E-state index in [1.807, 2.05) is 0 Å². The van der Waals surface area contributed by atoms with Crippen LogP contribution in [0.2, 0.25) is 0 Å². The molecule has 1 heterocycles. The van der Waals surface area contributed by atoms with Gasteiger partial charge in [-0.2, -0.15) is 11.3 Å². The van der Waals surface area contributed by atoms with Crippen molar-refractivity contribution in [2.75, 3.05) is 13.6 Å². The maximum atomic E-state index is 5.79. The number of hydrogen-bond acceptors (Lipinski definition) is 3. The summed E-state index contributed by atoms with van der Waals surface area (Å²) in [6.07, 6.45) is 2.37. The number of thiocarbonyl (C=S) groups is 1. The molecule has 1 unspecified atom stereocenters. The maximum absolute atomic E-state index is 5.79. The molecule has 0 amide bonds. The molecule has 0 fully saturated rings. The summed E-state index contributed by atoms with van der Waals surface area (Å²) >= 11 is 6.82. The molecule has 0 bridgehead atoms. The minimum absolute atomic E-state index is 0.0952. The minimum Gasteiger partial charge on any atom is -0.392 e. The minimum atomic E-state index is 0.0952. The molecule has 84 valence electrons. The summed E-state index contributed by atoms with van der Waals surface area (Å²) in [5, 5.41) is 4.18. The van der Waals surface area contributed by atoms with Gasteiger partial charge in [0.2, 0.25) is 0 Å². The van der Waals surface area contributed by atoms with Gasteiger partial charge in [0.15, 0.2) is 0 Å². The molecule has 0 saturated heterocycles. The average molecular weight is 242 g/mol. The summed E-state index contributed by atoms with van der Waals surface area (Å²) in [7, 11) is 2.08. The molecule has 0 aliphatic carbocycles. The van der Waals surface area contributed by atoms with Crippen LogP contribution in [0.1, 0.15) is 31.4 Å². The Morgan fingerprint density at radius 1 is 1.67 bits per heavy atom. The lowest BCUT2D eigenvalue weighted by Gasteiger charge is -2.26. The molecule has 0 aliphatic heterocycles.